The van der Waals surface area contributed by atoms with E-state index in [4.69, 9.17) is 15.6 Å². The Morgan fingerprint density at radius 2 is 2.22 bits per heavy atom. The van der Waals surface area contributed by atoms with Gasteiger partial charge in [-0.3, -0.25) is 4.79 Å². The van der Waals surface area contributed by atoms with Gasteiger partial charge >= 0.3 is 5.97 Å². The number of ether oxygens (including phenoxy) is 1. The molecule has 1 rings (SSSR count). The van der Waals surface area contributed by atoms with E-state index in [1.807, 2.05) is 0 Å². The smallest absolute Gasteiger partial charge is 0.303 e. The van der Waals surface area contributed by atoms with Crippen molar-refractivity contribution in [2.45, 2.75) is 25.8 Å². The first-order valence-electron chi connectivity index (χ1n) is 5.41. The third kappa shape index (κ3) is 3.14. The summed E-state index contributed by atoms with van der Waals surface area (Å²) >= 11 is 3.28. The van der Waals surface area contributed by atoms with E-state index in [1.54, 1.807) is 13.0 Å². The summed E-state index contributed by atoms with van der Waals surface area (Å²) in [4.78, 5) is 10.5. The van der Waals surface area contributed by atoms with Crippen LogP contribution >= 0.6 is 15.9 Å². The van der Waals surface area contributed by atoms with Gasteiger partial charge < -0.3 is 20.7 Å². The molecule has 1 atom stereocenters. The van der Waals surface area contributed by atoms with E-state index in [0.29, 0.717) is 15.8 Å². The van der Waals surface area contributed by atoms with Crippen LogP contribution in [0.3, 0.4) is 0 Å². The van der Waals surface area contributed by atoms with Gasteiger partial charge in [-0.15, -0.1) is 0 Å². The fraction of sp³-hybridized carbons (Fsp3) is 0.417. The van der Waals surface area contributed by atoms with Crippen LogP contribution in [0.25, 0.3) is 0 Å². The minimum Gasteiger partial charge on any atom is -0.504 e. The Morgan fingerprint density at radius 3 is 2.72 bits per heavy atom. The number of hydrogen-bond donors (Lipinski definition) is 3. The largest absolute Gasteiger partial charge is 0.504 e. The van der Waals surface area contributed by atoms with Crippen LogP contribution in [0.5, 0.6) is 11.5 Å². The molecule has 0 heterocycles. The molecule has 0 amide bonds. The third-order valence-corrected chi connectivity index (χ3v) is 3.29. The standard InChI is InChI=1S/C12H16BrNO4/c1-6-5-7(13)12(18-2)11(17)10(6)8(14)3-4-9(15)16/h5,8,17H,3-4,14H2,1-2H3,(H,15,16). The minimum atomic E-state index is -0.910. The second-order valence-electron chi connectivity index (χ2n) is 4.01. The maximum Gasteiger partial charge on any atom is 0.303 e. The molecule has 0 saturated carbocycles. The quantitative estimate of drug-likeness (QED) is 0.775. The molecule has 0 spiro atoms. The molecular formula is C12H16BrNO4. The number of methoxy groups -OCH3 is 1. The number of phenolic OH excluding ortho intramolecular Hbond substituents is 1. The highest BCUT2D eigenvalue weighted by Gasteiger charge is 2.20. The Kier molecular flexibility index (Phi) is 4.98. The van der Waals surface area contributed by atoms with E-state index in [-0.39, 0.29) is 18.6 Å². The molecule has 4 N–H and O–H groups in total. The van der Waals surface area contributed by atoms with E-state index >= 15 is 0 Å². The van der Waals surface area contributed by atoms with E-state index in [0.717, 1.165) is 5.56 Å². The number of rotatable bonds is 5. The lowest BCUT2D eigenvalue weighted by Crippen LogP contribution is -2.14. The van der Waals surface area contributed by atoms with Crippen molar-refractivity contribution in [3.63, 3.8) is 0 Å². The van der Waals surface area contributed by atoms with Crippen LogP contribution in [0.2, 0.25) is 0 Å². The number of benzene rings is 1. The van der Waals surface area contributed by atoms with Gasteiger partial charge in [0.2, 0.25) is 0 Å². The van der Waals surface area contributed by atoms with Crippen molar-refractivity contribution in [2.75, 3.05) is 7.11 Å². The molecule has 0 aromatic heterocycles. The molecule has 1 aromatic rings. The van der Waals surface area contributed by atoms with Crippen LogP contribution in [-0.4, -0.2) is 23.3 Å². The summed E-state index contributed by atoms with van der Waals surface area (Å²) in [6, 6.07) is 1.25. The van der Waals surface area contributed by atoms with Crippen molar-refractivity contribution >= 4 is 21.9 Å². The van der Waals surface area contributed by atoms with E-state index < -0.39 is 12.0 Å². The molecule has 0 bridgehead atoms. The SMILES string of the molecule is COc1c(Br)cc(C)c(C(N)CCC(=O)O)c1O. The second-order valence-corrected chi connectivity index (χ2v) is 4.86. The van der Waals surface area contributed by atoms with Gasteiger partial charge in [-0.2, -0.15) is 0 Å². The van der Waals surface area contributed by atoms with Gasteiger partial charge in [0.15, 0.2) is 11.5 Å². The van der Waals surface area contributed by atoms with Crippen LogP contribution in [0.15, 0.2) is 10.5 Å². The van der Waals surface area contributed by atoms with Crippen molar-refractivity contribution in [1.29, 1.82) is 0 Å². The summed E-state index contributed by atoms with van der Waals surface area (Å²) in [5.74, 6) is -0.643. The summed E-state index contributed by atoms with van der Waals surface area (Å²) in [6.07, 6.45) is 0.215. The minimum absolute atomic E-state index is 0.0396. The molecule has 0 aliphatic carbocycles. The van der Waals surface area contributed by atoms with Gasteiger partial charge in [-0.05, 0) is 40.9 Å². The highest BCUT2D eigenvalue weighted by molar-refractivity contribution is 9.10. The summed E-state index contributed by atoms with van der Waals surface area (Å²) in [5, 5.41) is 18.7. The summed E-state index contributed by atoms with van der Waals surface area (Å²) in [6.45, 7) is 1.81. The second kappa shape index (κ2) is 6.06. The number of carboxylic acid groups (broad SMARTS) is 1. The number of carbonyl (C=O) groups is 1. The molecule has 1 aromatic carbocycles. The molecule has 0 aliphatic rings. The molecule has 0 aliphatic heterocycles. The third-order valence-electron chi connectivity index (χ3n) is 2.70. The lowest BCUT2D eigenvalue weighted by Gasteiger charge is -2.18. The highest BCUT2D eigenvalue weighted by atomic mass is 79.9. The average molecular weight is 318 g/mol. The molecule has 18 heavy (non-hydrogen) atoms. The number of aromatic hydroxyl groups is 1. The fourth-order valence-electron chi connectivity index (χ4n) is 1.84. The predicted octanol–water partition coefficient (Wildman–Crippen LogP) is 2.34. The molecule has 1 unspecified atom stereocenters. The fourth-order valence-corrected chi connectivity index (χ4v) is 2.53. The highest BCUT2D eigenvalue weighted by Crippen LogP contribution is 2.42. The Bertz CT molecular complexity index is 462. The van der Waals surface area contributed by atoms with Crippen LogP contribution in [0.1, 0.15) is 30.0 Å². The maximum absolute atomic E-state index is 10.5. The predicted molar refractivity (Wildman–Crippen MR) is 70.9 cm³/mol. The average Bonchev–Trinajstić information content (AvgIpc) is 2.26. The molecule has 0 radical (unpaired) electrons. The lowest BCUT2D eigenvalue weighted by atomic mass is 9.96. The number of aryl methyl sites for hydroxylation is 1. The zero-order valence-corrected chi connectivity index (χ0v) is 11.8. The molecule has 0 fully saturated rings. The van der Waals surface area contributed by atoms with Crippen molar-refractivity contribution < 1.29 is 19.7 Å². The Hall–Kier alpha value is -1.27. The monoisotopic (exact) mass is 317 g/mol. The van der Waals surface area contributed by atoms with Crippen LogP contribution in [0.4, 0.5) is 0 Å². The molecule has 6 heteroatoms. The number of hydrogen-bond acceptors (Lipinski definition) is 4. The number of carboxylic acids is 1. The zero-order valence-electron chi connectivity index (χ0n) is 10.2. The van der Waals surface area contributed by atoms with Gasteiger partial charge in [0.05, 0.1) is 11.6 Å². The van der Waals surface area contributed by atoms with Gasteiger partial charge in [-0.25, -0.2) is 0 Å². The van der Waals surface area contributed by atoms with Crippen molar-refractivity contribution in [3.05, 3.63) is 21.7 Å². The van der Waals surface area contributed by atoms with Gasteiger partial charge in [-0.1, -0.05) is 0 Å². The first-order chi connectivity index (χ1) is 8.38. The van der Waals surface area contributed by atoms with Crippen molar-refractivity contribution in [2.24, 2.45) is 5.73 Å². The summed E-state index contributed by atoms with van der Waals surface area (Å²) in [7, 11) is 1.45. The van der Waals surface area contributed by atoms with Gasteiger partial charge in [0.1, 0.15) is 0 Å². The molecule has 5 nitrogen and oxygen atoms in total. The first kappa shape index (κ1) is 14.8. The number of phenols is 1. The number of aliphatic carboxylic acids is 1. The van der Waals surface area contributed by atoms with Crippen molar-refractivity contribution in [1.82, 2.24) is 0 Å². The number of nitrogens with two attached hydrogens (primary N) is 1. The molecular weight excluding hydrogens is 302 g/mol. The first-order valence-corrected chi connectivity index (χ1v) is 6.21. The Morgan fingerprint density at radius 1 is 1.61 bits per heavy atom. The van der Waals surface area contributed by atoms with E-state index in [1.165, 1.54) is 7.11 Å². The van der Waals surface area contributed by atoms with Crippen molar-refractivity contribution in [3.8, 4) is 11.5 Å². The molecule has 0 saturated heterocycles. The van der Waals surface area contributed by atoms with Crippen LogP contribution in [0, 0.1) is 6.92 Å². The van der Waals surface area contributed by atoms with E-state index in [9.17, 15) is 9.90 Å². The molecule has 100 valence electrons. The Labute approximate surface area is 114 Å². The zero-order chi connectivity index (χ0) is 13.9. The van der Waals surface area contributed by atoms with Crippen LogP contribution < -0.4 is 10.5 Å². The van der Waals surface area contributed by atoms with E-state index in [2.05, 4.69) is 15.9 Å². The summed E-state index contributed by atoms with van der Waals surface area (Å²) in [5.41, 5.74) is 7.24. The normalized spacial score (nSPS) is 12.2. The maximum atomic E-state index is 10.5. The number of halogens is 1. The van der Waals surface area contributed by atoms with Gasteiger partial charge in [0, 0.05) is 18.0 Å². The van der Waals surface area contributed by atoms with Gasteiger partial charge in [0.25, 0.3) is 0 Å². The topological polar surface area (TPSA) is 92.8 Å². The van der Waals surface area contributed by atoms with Crippen LogP contribution in [-0.2, 0) is 4.79 Å². The Balaban J connectivity index is 3.11. The lowest BCUT2D eigenvalue weighted by molar-refractivity contribution is -0.137. The summed E-state index contributed by atoms with van der Waals surface area (Å²) < 4.78 is 5.71.